The van der Waals surface area contributed by atoms with Gasteiger partial charge in [-0.3, -0.25) is 14.4 Å². The van der Waals surface area contributed by atoms with Gasteiger partial charge in [0.25, 0.3) is 11.5 Å². The summed E-state index contributed by atoms with van der Waals surface area (Å²) in [5, 5.41) is 5.58. The summed E-state index contributed by atoms with van der Waals surface area (Å²) in [7, 11) is 0. The van der Waals surface area contributed by atoms with Crippen molar-refractivity contribution < 1.29 is 23.1 Å². The average molecular weight is 517 g/mol. The molecule has 38 heavy (non-hydrogen) atoms. The van der Waals surface area contributed by atoms with E-state index in [0.29, 0.717) is 11.3 Å². The Bertz CT molecular complexity index is 1570. The van der Waals surface area contributed by atoms with Crippen LogP contribution in [0.4, 0.5) is 14.5 Å². The van der Waals surface area contributed by atoms with E-state index in [2.05, 4.69) is 15.6 Å². The van der Waals surface area contributed by atoms with Crippen LogP contribution >= 0.6 is 0 Å². The largest absolute Gasteiger partial charge is 0.491 e. The zero-order valence-corrected chi connectivity index (χ0v) is 20.0. The molecule has 0 unspecified atom stereocenters. The lowest BCUT2D eigenvalue weighted by Gasteiger charge is -2.20. The highest BCUT2D eigenvalue weighted by molar-refractivity contribution is 5.99. The molecule has 8 nitrogen and oxygen atoms in total. The van der Waals surface area contributed by atoms with Gasteiger partial charge in [0, 0.05) is 18.1 Å². The smallest absolute Gasteiger partial charge is 0.282 e. The van der Waals surface area contributed by atoms with Gasteiger partial charge in [0.15, 0.2) is 17.3 Å². The average Bonchev–Trinajstić information content (AvgIpc) is 3.29. The second kappa shape index (κ2) is 10.6. The monoisotopic (exact) mass is 516 g/mol. The fourth-order valence-corrected chi connectivity index (χ4v) is 4.17. The third-order valence-electron chi connectivity index (χ3n) is 6.09. The number of anilines is 1. The summed E-state index contributed by atoms with van der Waals surface area (Å²) in [6, 6.07) is 17.1. The van der Waals surface area contributed by atoms with Gasteiger partial charge < -0.3 is 19.9 Å². The Morgan fingerprint density at radius 3 is 2.66 bits per heavy atom. The number of ether oxygens (including phenoxy) is 1. The number of aromatic nitrogens is 2. The molecule has 3 aromatic carbocycles. The zero-order valence-electron chi connectivity index (χ0n) is 20.0. The van der Waals surface area contributed by atoms with Crippen molar-refractivity contribution in [2.24, 2.45) is 0 Å². The van der Waals surface area contributed by atoms with Crippen LogP contribution in [-0.2, 0) is 17.8 Å². The predicted octanol–water partition coefficient (Wildman–Crippen LogP) is 3.61. The maximum Gasteiger partial charge on any atom is 0.282 e. The zero-order chi connectivity index (χ0) is 26.6. The molecule has 1 atom stereocenters. The lowest BCUT2D eigenvalue weighted by molar-refractivity contribution is -0.115. The topological polar surface area (TPSA) is 102 Å². The molecule has 2 heterocycles. The highest BCUT2D eigenvalue weighted by atomic mass is 19.2. The number of nitrogens with zero attached hydrogens (tertiary/aromatic N) is 2. The van der Waals surface area contributed by atoms with Gasteiger partial charge in [0.1, 0.15) is 12.4 Å². The summed E-state index contributed by atoms with van der Waals surface area (Å²) < 4.78 is 34.0. The summed E-state index contributed by atoms with van der Waals surface area (Å²) in [6.07, 6.45) is 2.93. The predicted molar refractivity (Wildman–Crippen MR) is 135 cm³/mol. The van der Waals surface area contributed by atoms with Crippen molar-refractivity contribution in [1.82, 2.24) is 14.9 Å². The number of amides is 2. The van der Waals surface area contributed by atoms with Gasteiger partial charge in [-0.25, -0.2) is 13.8 Å². The molecule has 1 aromatic heterocycles. The number of halogens is 2. The van der Waals surface area contributed by atoms with E-state index < -0.39 is 29.1 Å². The standard InChI is InChI=1S/C28H22F2N4O4/c29-21-8-6-17(12-22(21)30)15-34-11-10-31-26(28(34)37)27(36)33-24(18-4-2-1-3-5-18)16-38-20-7-9-23-19(13-20)14-25(35)32-23/h1-13,24H,14-16H2,(H,32,35)(H,33,36)/t24-/m0/s1. The number of rotatable bonds is 8. The second-order valence-electron chi connectivity index (χ2n) is 8.75. The second-order valence-corrected chi connectivity index (χ2v) is 8.75. The van der Waals surface area contributed by atoms with E-state index in [1.54, 1.807) is 18.2 Å². The van der Waals surface area contributed by atoms with Crippen molar-refractivity contribution in [3.8, 4) is 5.75 Å². The van der Waals surface area contributed by atoms with Crippen molar-refractivity contribution in [3.63, 3.8) is 0 Å². The molecule has 1 aliphatic heterocycles. The molecule has 2 amide bonds. The highest BCUT2D eigenvalue weighted by Crippen LogP contribution is 2.28. The normalized spacial score (nSPS) is 12.9. The number of fused-ring (bicyclic) bond motifs is 1. The number of carbonyl (C=O) groups is 2. The van der Waals surface area contributed by atoms with Crippen molar-refractivity contribution in [2.75, 3.05) is 11.9 Å². The minimum atomic E-state index is -1.03. The number of hydrogen-bond donors (Lipinski definition) is 2. The Morgan fingerprint density at radius 1 is 1.05 bits per heavy atom. The first-order chi connectivity index (χ1) is 18.4. The molecule has 0 radical (unpaired) electrons. The van der Waals surface area contributed by atoms with Gasteiger partial charge in [0.2, 0.25) is 5.91 Å². The van der Waals surface area contributed by atoms with E-state index in [4.69, 9.17) is 4.74 Å². The summed E-state index contributed by atoms with van der Waals surface area (Å²) in [4.78, 5) is 41.8. The molecule has 0 saturated heterocycles. The van der Waals surface area contributed by atoms with E-state index in [1.807, 2.05) is 30.3 Å². The number of nitrogens with one attached hydrogen (secondary N) is 2. The van der Waals surface area contributed by atoms with Crippen LogP contribution in [0.3, 0.4) is 0 Å². The van der Waals surface area contributed by atoms with E-state index in [1.165, 1.54) is 23.0 Å². The Kier molecular flexibility index (Phi) is 6.94. The van der Waals surface area contributed by atoms with Crippen LogP contribution in [0.2, 0.25) is 0 Å². The van der Waals surface area contributed by atoms with E-state index >= 15 is 0 Å². The van der Waals surface area contributed by atoms with Crippen LogP contribution in [-0.4, -0.2) is 28.0 Å². The molecule has 0 bridgehead atoms. The molecule has 0 saturated carbocycles. The van der Waals surface area contributed by atoms with Crippen molar-refractivity contribution in [3.05, 3.63) is 123 Å². The third kappa shape index (κ3) is 5.44. The minimum Gasteiger partial charge on any atom is -0.491 e. The number of carbonyl (C=O) groups excluding carboxylic acids is 2. The summed E-state index contributed by atoms with van der Waals surface area (Å²) >= 11 is 0. The molecule has 2 N–H and O–H groups in total. The molecular formula is C28H22F2N4O4. The first-order valence-corrected chi connectivity index (χ1v) is 11.8. The Labute approximate surface area is 215 Å². The fourth-order valence-electron chi connectivity index (χ4n) is 4.17. The molecule has 192 valence electrons. The number of hydrogen-bond acceptors (Lipinski definition) is 5. The summed E-state index contributed by atoms with van der Waals surface area (Å²) in [6.45, 7) is -0.0223. The quantitative estimate of drug-likeness (QED) is 0.373. The lowest BCUT2D eigenvalue weighted by Crippen LogP contribution is -2.38. The Balaban J connectivity index is 1.34. The van der Waals surface area contributed by atoms with Gasteiger partial charge in [-0.05, 0) is 47.0 Å². The number of benzene rings is 3. The van der Waals surface area contributed by atoms with Crippen LogP contribution < -0.4 is 20.9 Å². The van der Waals surface area contributed by atoms with E-state index in [9.17, 15) is 23.2 Å². The first-order valence-electron chi connectivity index (χ1n) is 11.8. The molecule has 0 spiro atoms. The Morgan fingerprint density at radius 2 is 1.87 bits per heavy atom. The molecule has 4 aromatic rings. The molecule has 0 aliphatic carbocycles. The molecular weight excluding hydrogens is 494 g/mol. The van der Waals surface area contributed by atoms with Crippen LogP contribution in [0.5, 0.6) is 5.75 Å². The van der Waals surface area contributed by atoms with Crippen LogP contribution in [0.25, 0.3) is 0 Å². The summed E-state index contributed by atoms with van der Waals surface area (Å²) in [5.41, 5.74) is 1.63. The lowest BCUT2D eigenvalue weighted by atomic mass is 10.1. The van der Waals surface area contributed by atoms with Gasteiger partial charge in [-0.15, -0.1) is 0 Å². The van der Waals surface area contributed by atoms with Gasteiger partial charge in [0.05, 0.1) is 19.0 Å². The molecule has 0 fully saturated rings. The maximum atomic E-state index is 13.6. The van der Waals surface area contributed by atoms with Crippen molar-refractivity contribution in [1.29, 1.82) is 0 Å². The van der Waals surface area contributed by atoms with Gasteiger partial charge >= 0.3 is 0 Å². The maximum absolute atomic E-state index is 13.6. The fraction of sp³-hybridized carbons (Fsp3) is 0.143. The van der Waals surface area contributed by atoms with Gasteiger partial charge in [-0.2, -0.15) is 0 Å². The third-order valence-corrected chi connectivity index (χ3v) is 6.09. The SMILES string of the molecule is O=C1Cc2cc(OC[C@H](NC(=O)c3nccn(Cc4ccc(F)c(F)c4)c3=O)c3ccccc3)ccc2N1. The minimum absolute atomic E-state index is 0.0474. The van der Waals surface area contributed by atoms with E-state index in [-0.39, 0.29) is 31.2 Å². The summed E-state index contributed by atoms with van der Waals surface area (Å²) in [5.74, 6) is -2.29. The molecule has 1 aliphatic rings. The highest BCUT2D eigenvalue weighted by Gasteiger charge is 2.22. The van der Waals surface area contributed by atoms with E-state index in [0.717, 1.165) is 28.9 Å². The Hall–Kier alpha value is -4.86. The molecule has 5 rings (SSSR count). The van der Waals surface area contributed by atoms with Crippen molar-refractivity contribution in [2.45, 2.75) is 19.0 Å². The van der Waals surface area contributed by atoms with Crippen LogP contribution in [0.1, 0.15) is 33.2 Å². The van der Waals surface area contributed by atoms with Crippen molar-refractivity contribution >= 4 is 17.5 Å². The first kappa shape index (κ1) is 24.8. The molecule has 10 heteroatoms. The van der Waals surface area contributed by atoms with Gasteiger partial charge in [-0.1, -0.05) is 36.4 Å². The van der Waals surface area contributed by atoms with Crippen LogP contribution in [0, 0.1) is 11.6 Å². The van der Waals surface area contributed by atoms with Crippen LogP contribution in [0.15, 0.2) is 83.9 Å².